The summed E-state index contributed by atoms with van der Waals surface area (Å²) >= 11 is 0. The van der Waals surface area contributed by atoms with Gasteiger partial charge in [-0.3, -0.25) is 4.79 Å². The van der Waals surface area contributed by atoms with Crippen molar-refractivity contribution < 1.29 is 34.4 Å². The Morgan fingerprint density at radius 1 is 1.08 bits per heavy atom. The monoisotopic (exact) mass is 493 g/mol. The Balaban J connectivity index is 1.43. The van der Waals surface area contributed by atoms with Crippen LogP contribution in [0.5, 0.6) is 0 Å². The summed E-state index contributed by atoms with van der Waals surface area (Å²) in [7, 11) is 0. The highest BCUT2D eigenvalue weighted by molar-refractivity contribution is 6.01. The number of nitriles is 1. The summed E-state index contributed by atoms with van der Waals surface area (Å²) in [6.45, 7) is 0.194. The molecule has 1 fully saturated rings. The predicted molar refractivity (Wildman–Crippen MR) is 132 cm³/mol. The molecule has 188 valence electrons. The van der Waals surface area contributed by atoms with Gasteiger partial charge >= 0.3 is 0 Å². The molecule has 0 spiro atoms. The summed E-state index contributed by atoms with van der Waals surface area (Å²) in [4.78, 5) is 12.5. The Hall–Kier alpha value is -3.72. The molecule has 1 saturated heterocycles. The zero-order chi connectivity index (χ0) is 25.7. The summed E-state index contributed by atoms with van der Waals surface area (Å²) < 4.78 is 11.1. The van der Waals surface area contributed by atoms with E-state index in [0.29, 0.717) is 18.1 Å². The maximum atomic E-state index is 12.5. The minimum absolute atomic E-state index is 0.0502. The third-order valence-electron chi connectivity index (χ3n) is 5.91. The standard InChI is InChI=1S/C26H27N3O7/c27-12-18(26(34)29-13-23-25(33)24(32)21(31)14-35-23)11-20-5-6-22(36-20)17-2-1-16-10-19(28-7-8-30)4-3-15(16)9-17/h1-6,9-11,21,23-25,28,30-33H,7-8,13-14H2,(H,29,34)/b18-11+/t21-,23+,24+,25+/m0/s1. The van der Waals surface area contributed by atoms with Gasteiger partial charge in [0.25, 0.3) is 5.91 Å². The number of fused-ring (bicyclic) bond motifs is 1. The fourth-order valence-corrected chi connectivity index (χ4v) is 3.92. The number of carbonyl (C=O) groups is 1. The third kappa shape index (κ3) is 5.73. The number of hydrogen-bond acceptors (Lipinski definition) is 9. The molecule has 2 aromatic carbocycles. The molecule has 4 rings (SSSR count). The largest absolute Gasteiger partial charge is 0.457 e. The first kappa shape index (κ1) is 25.4. The van der Waals surface area contributed by atoms with Gasteiger partial charge in [0.1, 0.15) is 47.6 Å². The molecule has 0 radical (unpaired) electrons. The lowest BCUT2D eigenvalue weighted by atomic mass is 10.00. The molecule has 1 aliphatic heterocycles. The van der Waals surface area contributed by atoms with E-state index in [2.05, 4.69) is 10.6 Å². The number of benzene rings is 2. The average Bonchev–Trinajstić information content (AvgIpc) is 3.37. The van der Waals surface area contributed by atoms with Crippen LogP contribution in [0, 0.1) is 11.3 Å². The summed E-state index contributed by atoms with van der Waals surface area (Å²) in [5.74, 6) is 0.186. The van der Waals surface area contributed by atoms with Gasteiger partial charge in [0.05, 0.1) is 13.2 Å². The molecule has 0 saturated carbocycles. The second-order valence-corrected chi connectivity index (χ2v) is 8.43. The Kier molecular flexibility index (Phi) is 8.00. The highest BCUT2D eigenvalue weighted by Gasteiger charge is 2.37. The normalized spacial score (nSPS) is 22.2. The topological polar surface area (TPSA) is 168 Å². The van der Waals surface area contributed by atoms with Crippen molar-refractivity contribution in [2.75, 3.05) is 31.6 Å². The molecule has 36 heavy (non-hydrogen) atoms. The fourth-order valence-electron chi connectivity index (χ4n) is 3.92. The van der Waals surface area contributed by atoms with Crippen molar-refractivity contribution in [3.8, 4) is 17.4 Å². The van der Waals surface area contributed by atoms with E-state index in [-0.39, 0.29) is 25.3 Å². The van der Waals surface area contributed by atoms with Gasteiger partial charge in [-0.1, -0.05) is 18.2 Å². The number of hydrogen-bond donors (Lipinski definition) is 6. The first-order valence-corrected chi connectivity index (χ1v) is 11.4. The lowest BCUT2D eigenvalue weighted by Gasteiger charge is -2.35. The van der Waals surface area contributed by atoms with Crippen LogP contribution in [0.4, 0.5) is 5.69 Å². The quantitative estimate of drug-likeness (QED) is 0.198. The van der Waals surface area contributed by atoms with E-state index in [1.807, 2.05) is 42.5 Å². The van der Waals surface area contributed by atoms with Crippen molar-refractivity contribution in [3.05, 3.63) is 59.9 Å². The molecule has 0 aliphatic carbocycles. The van der Waals surface area contributed by atoms with Gasteiger partial charge < -0.3 is 40.2 Å². The van der Waals surface area contributed by atoms with Crippen LogP contribution in [-0.4, -0.2) is 77.1 Å². The summed E-state index contributed by atoms with van der Waals surface area (Å²) in [6, 6.07) is 16.9. The summed E-state index contributed by atoms with van der Waals surface area (Å²) in [6.07, 6.45) is -3.56. The van der Waals surface area contributed by atoms with E-state index in [1.54, 1.807) is 12.1 Å². The molecule has 10 heteroatoms. The van der Waals surface area contributed by atoms with Crippen molar-refractivity contribution in [3.63, 3.8) is 0 Å². The second-order valence-electron chi connectivity index (χ2n) is 8.43. The van der Waals surface area contributed by atoms with Gasteiger partial charge in [-0.25, -0.2) is 0 Å². The van der Waals surface area contributed by atoms with Crippen molar-refractivity contribution in [2.24, 2.45) is 0 Å². The van der Waals surface area contributed by atoms with Gasteiger partial charge in [0, 0.05) is 30.4 Å². The number of anilines is 1. The third-order valence-corrected chi connectivity index (χ3v) is 5.91. The van der Waals surface area contributed by atoms with Crippen LogP contribution in [0.3, 0.4) is 0 Å². The van der Waals surface area contributed by atoms with Crippen molar-refractivity contribution >= 4 is 28.4 Å². The molecule has 0 bridgehead atoms. The Labute approximate surface area is 207 Å². The van der Waals surface area contributed by atoms with Crippen LogP contribution >= 0.6 is 0 Å². The van der Waals surface area contributed by atoms with Gasteiger partial charge in [0.15, 0.2) is 0 Å². The van der Waals surface area contributed by atoms with E-state index in [9.17, 15) is 25.4 Å². The molecule has 2 heterocycles. The molecule has 4 atom stereocenters. The Bertz CT molecular complexity index is 1300. The molecule has 3 aromatic rings. The number of aliphatic hydroxyl groups excluding tert-OH is 4. The number of aliphatic hydroxyl groups is 4. The van der Waals surface area contributed by atoms with Crippen LogP contribution < -0.4 is 10.6 Å². The van der Waals surface area contributed by atoms with Crippen molar-refractivity contribution in [2.45, 2.75) is 24.4 Å². The Morgan fingerprint density at radius 3 is 2.64 bits per heavy atom. The predicted octanol–water partition coefficient (Wildman–Crippen LogP) is 1.01. The zero-order valence-electron chi connectivity index (χ0n) is 19.3. The van der Waals surface area contributed by atoms with E-state index >= 15 is 0 Å². The number of furan rings is 1. The minimum atomic E-state index is -1.38. The molecule has 1 aliphatic rings. The van der Waals surface area contributed by atoms with Crippen LogP contribution in [-0.2, 0) is 9.53 Å². The van der Waals surface area contributed by atoms with Crippen LogP contribution in [0.2, 0.25) is 0 Å². The molecular weight excluding hydrogens is 466 g/mol. The number of nitrogens with zero attached hydrogens (tertiary/aromatic N) is 1. The summed E-state index contributed by atoms with van der Waals surface area (Å²) in [5.41, 5.74) is 1.53. The maximum absolute atomic E-state index is 12.5. The van der Waals surface area contributed by atoms with Crippen LogP contribution in [0.1, 0.15) is 5.76 Å². The van der Waals surface area contributed by atoms with Crippen molar-refractivity contribution in [1.82, 2.24) is 5.32 Å². The number of amides is 1. The summed E-state index contributed by atoms with van der Waals surface area (Å²) in [5, 5.41) is 55.3. The molecule has 0 unspecified atom stereocenters. The van der Waals surface area contributed by atoms with Gasteiger partial charge in [-0.05, 0) is 41.1 Å². The van der Waals surface area contributed by atoms with E-state index < -0.39 is 30.3 Å². The number of carbonyl (C=O) groups excluding carboxylic acids is 1. The molecule has 1 aromatic heterocycles. The highest BCUT2D eigenvalue weighted by atomic mass is 16.5. The maximum Gasteiger partial charge on any atom is 0.262 e. The molecular formula is C26H27N3O7. The minimum Gasteiger partial charge on any atom is -0.457 e. The SMILES string of the molecule is N#C/C(=C\c1ccc(-c2ccc3cc(NCCO)ccc3c2)o1)C(=O)NC[C@H]1OC[C@H](O)[C@@H](O)[C@@H]1O. The highest BCUT2D eigenvalue weighted by Crippen LogP contribution is 2.28. The Morgan fingerprint density at radius 2 is 1.86 bits per heavy atom. The molecule has 10 nitrogen and oxygen atoms in total. The number of ether oxygens (including phenoxy) is 1. The molecule has 1 amide bonds. The second kappa shape index (κ2) is 11.3. The smallest absolute Gasteiger partial charge is 0.262 e. The lowest BCUT2D eigenvalue weighted by Crippen LogP contribution is -2.56. The van der Waals surface area contributed by atoms with Gasteiger partial charge in [0.2, 0.25) is 0 Å². The van der Waals surface area contributed by atoms with Crippen LogP contribution in [0.15, 0.2) is 58.5 Å². The van der Waals surface area contributed by atoms with Gasteiger partial charge in [-0.15, -0.1) is 0 Å². The van der Waals surface area contributed by atoms with Crippen LogP contribution in [0.25, 0.3) is 28.2 Å². The molecule has 6 N–H and O–H groups in total. The van der Waals surface area contributed by atoms with E-state index in [0.717, 1.165) is 22.0 Å². The van der Waals surface area contributed by atoms with Crippen molar-refractivity contribution in [1.29, 1.82) is 5.26 Å². The first-order valence-electron chi connectivity index (χ1n) is 11.4. The van der Waals surface area contributed by atoms with Gasteiger partial charge in [-0.2, -0.15) is 5.26 Å². The van der Waals surface area contributed by atoms with E-state index in [4.69, 9.17) is 14.3 Å². The first-order chi connectivity index (χ1) is 17.4. The number of nitrogens with one attached hydrogen (secondary N) is 2. The number of rotatable bonds is 8. The van der Waals surface area contributed by atoms with E-state index in [1.165, 1.54) is 6.08 Å². The average molecular weight is 494 g/mol. The zero-order valence-corrected chi connectivity index (χ0v) is 19.3. The fraction of sp³-hybridized carbons (Fsp3) is 0.308. The lowest BCUT2D eigenvalue weighted by molar-refractivity contribution is -0.185.